The lowest BCUT2D eigenvalue weighted by molar-refractivity contribution is 0.393. The van der Waals surface area contributed by atoms with Crippen molar-refractivity contribution in [3.63, 3.8) is 0 Å². The molecule has 0 bridgehead atoms. The molecule has 0 aromatic carbocycles. The first-order valence-electron chi connectivity index (χ1n) is 3.63. The molecule has 0 aliphatic carbocycles. The monoisotopic (exact) mass is 145 g/mol. The first-order chi connectivity index (χ1) is 3.98. The van der Waals surface area contributed by atoms with Crippen molar-refractivity contribution < 1.29 is 0 Å². The van der Waals surface area contributed by atoms with Gasteiger partial charge in [-0.2, -0.15) is 0 Å². The second-order valence-electron chi connectivity index (χ2n) is 3.82. The lowest BCUT2D eigenvalue weighted by Crippen LogP contribution is -2.26. The van der Waals surface area contributed by atoms with Crippen LogP contribution in [0, 0.1) is 5.41 Å². The van der Waals surface area contributed by atoms with Crippen LogP contribution in [-0.2, 0) is 0 Å². The summed E-state index contributed by atoms with van der Waals surface area (Å²) in [6, 6.07) is 0. The molecule has 0 radical (unpaired) electrons. The normalized spacial score (nSPS) is 17.0. The maximum absolute atomic E-state index is 3.31. The zero-order valence-corrected chi connectivity index (χ0v) is 8.70. The molecule has 0 saturated carbocycles. The van der Waals surface area contributed by atoms with Crippen LogP contribution in [0.4, 0.5) is 0 Å². The van der Waals surface area contributed by atoms with Crippen LogP contribution >= 0.6 is 0 Å². The summed E-state index contributed by atoms with van der Waals surface area (Å²) in [6.45, 7) is 9.26. The quantitative estimate of drug-likeness (QED) is 0.575. The number of hydrogen-bond acceptors (Lipinski definition) is 1. The Kier molecular flexibility index (Phi) is 3.44. The minimum atomic E-state index is -0.00810. The maximum Gasteiger partial charge on any atom is 0.0946 e. The second kappa shape index (κ2) is 3.37. The standard InChI is InChI=1S/C7H19NSi/c1-6(9-8-5)7(2,3)4/h6,8H,9H2,1-5H3. The Morgan fingerprint density at radius 3 is 1.89 bits per heavy atom. The highest BCUT2D eigenvalue weighted by Gasteiger charge is 2.18. The van der Waals surface area contributed by atoms with Crippen molar-refractivity contribution in [3.05, 3.63) is 0 Å². The van der Waals surface area contributed by atoms with E-state index in [4.69, 9.17) is 0 Å². The van der Waals surface area contributed by atoms with Crippen molar-refractivity contribution >= 4 is 9.68 Å². The molecule has 1 atom stereocenters. The maximum atomic E-state index is 3.31. The molecule has 0 heterocycles. The van der Waals surface area contributed by atoms with Crippen LogP contribution in [0.2, 0.25) is 5.54 Å². The highest BCUT2D eigenvalue weighted by molar-refractivity contribution is 6.34. The van der Waals surface area contributed by atoms with E-state index in [1.807, 2.05) is 0 Å². The van der Waals surface area contributed by atoms with Gasteiger partial charge in [0, 0.05) is 0 Å². The van der Waals surface area contributed by atoms with E-state index < -0.39 is 0 Å². The van der Waals surface area contributed by atoms with E-state index in [2.05, 4.69) is 39.7 Å². The van der Waals surface area contributed by atoms with Gasteiger partial charge >= 0.3 is 0 Å². The van der Waals surface area contributed by atoms with E-state index in [-0.39, 0.29) is 9.68 Å². The van der Waals surface area contributed by atoms with Gasteiger partial charge in [-0.1, -0.05) is 27.7 Å². The molecule has 1 N–H and O–H groups in total. The molecular formula is C7H19NSi. The Bertz CT molecular complexity index is 75.5. The average Bonchev–Trinajstić information content (AvgIpc) is 1.64. The lowest BCUT2D eigenvalue weighted by atomic mass is 9.93. The summed E-state index contributed by atoms with van der Waals surface area (Å²) in [7, 11) is 2.06. The topological polar surface area (TPSA) is 12.0 Å². The Hall–Kier alpha value is 0.177. The summed E-state index contributed by atoms with van der Waals surface area (Å²) in [5, 5.41) is 0. The average molecular weight is 145 g/mol. The molecule has 2 heteroatoms. The van der Waals surface area contributed by atoms with Crippen molar-refractivity contribution in [2.75, 3.05) is 7.05 Å². The molecule has 0 aromatic rings. The van der Waals surface area contributed by atoms with Crippen LogP contribution in [0.15, 0.2) is 0 Å². The van der Waals surface area contributed by atoms with Gasteiger partial charge in [0.25, 0.3) is 0 Å². The van der Waals surface area contributed by atoms with Gasteiger partial charge in [-0.25, -0.2) is 0 Å². The highest BCUT2D eigenvalue weighted by Crippen LogP contribution is 2.28. The van der Waals surface area contributed by atoms with Crippen molar-refractivity contribution in [2.24, 2.45) is 5.41 Å². The molecule has 0 rings (SSSR count). The summed E-state index contributed by atoms with van der Waals surface area (Å²) in [5.41, 5.74) is 1.40. The van der Waals surface area contributed by atoms with Crippen LogP contribution in [0.25, 0.3) is 0 Å². The molecule has 0 amide bonds. The fraction of sp³-hybridized carbons (Fsp3) is 1.00. The van der Waals surface area contributed by atoms with E-state index >= 15 is 0 Å². The molecule has 0 spiro atoms. The zero-order chi connectivity index (χ0) is 7.49. The van der Waals surface area contributed by atoms with Crippen molar-refractivity contribution in [1.29, 1.82) is 0 Å². The summed E-state index contributed by atoms with van der Waals surface area (Å²) < 4.78 is 0. The van der Waals surface area contributed by atoms with Crippen molar-refractivity contribution in [2.45, 2.75) is 33.2 Å². The summed E-state index contributed by atoms with van der Waals surface area (Å²) >= 11 is 0. The molecule has 0 aliphatic heterocycles. The molecule has 0 aliphatic rings. The van der Waals surface area contributed by atoms with Crippen LogP contribution in [0.1, 0.15) is 27.7 Å². The van der Waals surface area contributed by atoms with Crippen LogP contribution in [-0.4, -0.2) is 16.7 Å². The van der Waals surface area contributed by atoms with E-state index in [9.17, 15) is 0 Å². The Balaban J connectivity index is 3.59. The second-order valence-corrected chi connectivity index (χ2v) is 6.16. The fourth-order valence-electron chi connectivity index (χ4n) is 0.612. The Morgan fingerprint density at radius 2 is 1.78 bits per heavy atom. The molecule has 1 nitrogen and oxygen atoms in total. The Morgan fingerprint density at radius 1 is 1.33 bits per heavy atom. The van der Waals surface area contributed by atoms with Crippen molar-refractivity contribution in [1.82, 2.24) is 4.98 Å². The van der Waals surface area contributed by atoms with Gasteiger partial charge in [-0.15, -0.1) is 0 Å². The number of rotatable bonds is 2. The number of hydrogen-bond donors (Lipinski definition) is 1. The molecule has 0 fully saturated rings. The molecule has 9 heavy (non-hydrogen) atoms. The summed E-state index contributed by atoms with van der Waals surface area (Å²) in [4.78, 5) is 3.31. The summed E-state index contributed by atoms with van der Waals surface area (Å²) in [5.74, 6) is 0. The van der Waals surface area contributed by atoms with Crippen LogP contribution in [0.5, 0.6) is 0 Å². The zero-order valence-electron chi connectivity index (χ0n) is 7.28. The van der Waals surface area contributed by atoms with E-state index in [0.29, 0.717) is 5.41 Å². The van der Waals surface area contributed by atoms with Gasteiger partial charge in [0.1, 0.15) is 0 Å². The lowest BCUT2D eigenvalue weighted by Gasteiger charge is -2.26. The summed E-state index contributed by atoms with van der Waals surface area (Å²) in [6.07, 6.45) is 0. The Labute approximate surface area is 61.1 Å². The van der Waals surface area contributed by atoms with Gasteiger partial charge in [0.2, 0.25) is 0 Å². The number of nitrogens with one attached hydrogen (secondary N) is 1. The third-order valence-electron chi connectivity index (χ3n) is 1.99. The predicted molar refractivity (Wildman–Crippen MR) is 46.5 cm³/mol. The van der Waals surface area contributed by atoms with Gasteiger partial charge in [-0.3, -0.25) is 0 Å². The largest absolute Gasteiger partial charge is 0.345 e. The molecule has 0 aromatic heterocycles. The smallest absolute Gasteiger partial charge is 0.0946 e. The van der Waals surface area contributed by atoms with Gasteiger partial charge < -0.3 is 4.98 Å². The van der Waals surface area contributed by atoms with Gasteiger partial charge in [-0.05, 0) is 18.0 Å². The minimum Gasteiger partial charge on any atom is -0.345 e. The van der Waals surface area contributed by atoms with Crippen LogP contribution < -0.4 is 4.98 Å². The van der Waals surface area contributed by atoms with E-state index in [1.165, 1.54) is 0 Å². The molecule has 0 saturated heterocycles. The van der Waals surface area contributed by atoms with Gasteiger partial charge in [0.05, 0.1) is 9.68 Å². The van der Waals surface area contributed by atoms with Gasteiger partial charge in [0.15, 0.2) is 0 Å². The van der Waals surface area contributed by atoms with Crippen molar-refractivity contribution in [3.8, 4) is 0 Å². The molecular weight excluding hydrogens is 126 g/mol. The predicted octanol–water partition coefficient (Wildman–Crippen LogP) is 1.14. The molecule has 1 unspecified atom stereocenters. The van der Waals surface area contributed by atoms with E-state index in [1.54, 1.807) is 0 Å². The fourth-order valence-corrected chi connectivity index (χ4v) is 1.84. The van der Waals surface area contributed by atoms with Crippen LogP contribution in [0.3, 0.4) is 0 Å². The SMILES string of the molecule is CN[SiH2]C(C)C(C)(C)C. The molecule has 56 valence electrons. The first-order valence-corrected chi connectivity index (χ1v) is 5.15. The minimum absolute atomic E-state index is 0.00810. The third kappa shape index (κ3) is 3.70. The van der Waals surface area contributed by atoms with E-state index in [0.717, 1.165) is 5.54 Å². The highest BCUT2D eigenvalue weighted by atomic mass is 28.2. The third-order valence-corrected chi connectivity index (χ3v) is 4.23. The first kappa shape index (κ1) is 9.18.